The largest absolute Gasteiger partial charge is 0.497 e. The maximum Gasteiger partial charge on any atom is 0.336 e. The highest BCUT2D eigenvalue weighted by Gasteiger charge is 2.23. The molecule has 7 nitrogen and oxygen atoms in total. The van der Waals surface area contributed by atoms with Crippen molar-refractivity contribution in [3.8, 4) is 5.75 Å². The molecule has 0 saturated carbocycles. The lowest BCUT2D eigenvalue weighted by molar-refractivity contribution is -0.143. The standard InChI is InChI=1S/C17H19NO6/c1-9(2)16(17(21)22)18-14(19)6-10-7-15(20)24-13-8-11(23-3)4-5-12(10)13/h4-5,7-9,16H,6H2,1-3H3,(H,18,19)(H,21,22). The van der Waals surface area contributed by atoms with E-state index >= 15 is 0 Å². The number of carbonyl (C=O) groups is 2. The summed E-state index contributed by atoms with van der Waals surface area (Å²) in [6.45, 7) is 3.41. The van der Waals surface area contributed by atoms with Crippen molar-refractivity contribution >= 4 is 22.8 Å². The molecule has 24 heavy (non-hydrogen) atoms. The molecule has 0 saturated heterocycles. The molecule has 0 aliphatic carbocycles. The topological polar surface area (TPSA) is 106 Å². The molecule has 0 bridgehead atoms. The Morgan fingerprint density at radius 1 is 1.29 bits per heavy atom. The van der Waals surface area contributed by atoms with Gasteiger partial charge in [-0.1, -0.05) is 13.8 Å². The molecule has 7 heteroatoms. The molecular formula is C17H19NO6. The normalized spacial score (nSPS) is 12.2. The Kier molecular flexibility index (Phi) is 5.23. The highest BCUT2D eigenvalue weighted by atomic mass is 16.5. The first-order valence-corrected chi connectivity index (χ1v) is 7.44. The summed E-state index contributed by atoms with van der Waals surface area (Å²) in [4.78, 5) is 35.0. The smallest absolute Gasteiger partial charge is 0.336 e. The number of fused-ring (bicyclic) bond motifs is 1. The van der Waals surface area contributed by atoms with Crippen molar-refractivity contribution < 1.29 is 23.8 Å². The summed E-state index contributed by atoms with van der Waals surface area (Å²) < 4.78 is 10.2. The van der Waals surface area contributed by atoms with Gasteiger partial charge in [-0.3, -0.25) is 4.79 Å². The van der Waals surface area contributed by atoms with Crippen LogP contribution in [0.1, 0.15) is 19.4 Å². The minimum absolute atomic E-state index is 0.120. The quantitative estimate of drug-likeness (QED) is 0.777. The zero-order chi connectivity index (χ0) is 17.9. The number of hydrogen-bond donors (Lipinski definition) is 2. The van der Waals surface area contributed by atoms with Crippen molar-refractivity contribution in [2.24, 2.45) is 5.92 Å². The summed E-state index contributed by atoms with van der Waals surface area (Å²) in [5, 5.41) is 12.2. The molecule has 0 fully saturated rings. The van der Waals surface area contributed by atoms with E-state index in [0.717, 1.165) is 0 Å². The van der Waals surface area contributed by atoms with Crippen LogP contribution in [0.4, 0.5) is 0 Å². The van der Waals surface area contributed by atoms with Gasteiger partial charge >= 0.3 is 11.6 Å². The van der Waals surface area contributed by atoms with Gasteiger partial charge < -0.3 is 19.6 Å². The first-order valence-electron chi connectivity index (χ1n) is 7.44. The summed E-state index contributed by atoms with van der Waals surface area (Å²) in [6.07, 6.45) is -0.120. The highest BCUT2D eigenvalue weighted by Crippen LogP contribution is 2.22. The van der Waals surface area contributed by atoms with Gasteiger partial charge in [-0.2, -0.15) is 0 Å². The molecule has 1 atom stereocenters. The third kappa shape index (κ3) is 3.92. The monoisotopic (exact) mass is 333 g/mol. The molecule has 0 aliphatic heterocycles. The number of methoxy groups -OCH3 is 1. The van der Waals surface area contributed by atoms with E-state index in [-0.39, 0.29) is 12.3 Å². The maximum absolute atomic E-state index is 12.2. The van der Waals surface area contributed by atoms with Crippen molar-refractivity contribution in [1.29, 1.82) is 0 Å². The second-order valence-electron chi connectivity index (χ2n) is 5.76. The van der Waals surface area contributed by atoms with Gasteiger partial charge in [0.15, 0.2) is 0 Å². The minimum Gasteiger partial charge on any atom is -0.497 e. The minimum atomic E-state index is -1.10. The van der Waals surface area contributed by atoms with Gasteiger partial charge in [0.25, 0.3) is 0 Å². The predicted molar refractivity (Wildman–Crippen MR) is 87.1 cm³/mol. The Labute approximate surface area is 138 Å². The van der Waals surface area contributed by atoms with Crippen LogP contribution in [0.3, 0.4) is 0 Å². The van der Waals surface area contributed by atoms with E-state index in [0.29, 0.717) is 22.3 Å². The Hall–Kier alpha value is -2.83. The number of amides is 1. The first kappa shape index (κ1) is 17.5. The van der Waals surface area contributed by atoms with Gasteiger partial charge in [-0.15, -0.1) is 0 Å². The van der Waals surface area contributed by atoms with Crippen LogP contribution in [-0.4, -0.2) is 30.1 Å². The number of carboxylic acid groups (broad SMARTS) is 1. The van der Waals surface area contributed by atoms with Crippen molar-refractivity contribution in [2.75, 3.05) is 7.11 Å². The second-order valence-corrected chi connectivity index (χ2v) is 5.76. The lowest BCUT2D eigenvalue weighted by atomic mass is 10.0. The summed E-state index contributed by atoms with van der Waals surface area (Å²) in [5.41, 5.74) is 0.190. The average molecular weight is 333 g/mol. The Bertz CT molecular complexity index is 823. The van der Waals surface area contributed by atoms with E-state index in [2.05, 4.69) is 5.32 Å². The van der Waals surface area contributed by atoms with Crippen LogP contribution in [0.5, 0.6) is 5.75 Å². The third-order valence-electron chi connectivity index (χ3n) is 3.64. The molecule has 1 unspecified atom stereocenters. The van der Waals surface area contributed by atoms with Crippen molar-refractivity contribution in [2.45, 2.75) is 26.3 Å². The van der Waals surface area contributed by atoms with E-state index < -0.39 is 23.5 Å². The van der Waals surface area contributed by atoms with Crippen molar-refractivity contribution in [3.05, 3.63) is 40.2 Å². The zero-order valence-corrected chi connectivity index (χ0v) is 13.7. The van der Waals surface area contributed by atoms with E-state index in [4.69, 9.17) is 14.3 Å². The van der Waals surface area contributed by atoms with E-state index in [9.17, 15) is 14.4 Å². The van der Waals surface area contributed by atoms with Crippen molar-refractivity contribution in [3.63, 3.8) is 0 Å². The summed E-state index contributed by atoms with van der Waals surface area (Å²) in [5.74, 6) is -1.30. The number of rotatable bonds is 6. The number of nitrogens with one attached hydrogen (secondary N) is 1. The third-order valence-corrected chi connectivity index (χ3v) is 3.64. The van der Waals surface area contributed by atoms with Gasteiger partial charge in [-0.05, 0) is 23.6 Å². The summed E-state index contributed by atoms with van der Waals surface area (Å²) >= 11 is 0. The summed E-state index contributed by atoms with van der Waals surface area (Å²) in [7, 11) is 1.49. The number of carbonyl (C=O) groups excluding carboxylic acids is 1. The summed E-state index contributed by atoms with van der Waals surface area (Å²) in [6, 6.07) is 5.20. The van der Waals surface area contributed by atoms with Gasteiger partial charge in [0.2, 0.25) is 5.91 Å². The Balaban J connectivity index is 2.30. The molecule has 2 aromatic rings. The molecule has 1 heterocycles. The maximum atomic E-state index is 12.2. The Morgan fingerprint density at radius 2 is 2.00 bits per heavy atom. The number of carboxylic acids is 1. The van der Waals surface area contributed by atoms with Crippen LogP contribution >= 0.6 is 0 Å². The Morgan fingerprint density at radius 3 is 2.58 bits per heavy atom. The SMILES string of the molecule is COc1ccc2c(CC(=O)NC(C(=O)O)C(C)C)cc(=O)oc2c1. The van der Waals surface area contributed by atoms with Crippen LogP contribution in [0, 0.1) is 5.92 Å². The van der Waals surface area contributed by atoms with Crippen molar-refractivity contribution in [1.82, 2.24) is 5.32 Å². The molecule has 2 rings (SSSR count). The van der Waals surface area contributed by atoms with Crippen LogP contribution in [-0.2, 0) is 16.0 Å². The fourth-order valence-electron chi connectivity index (χ4n) is 2.39. The molecule has 2 N–H and O–H groups in total. The first-order chi connectivity index (χ1) is 11.3. The van der Waals surface area contributed by atoms with E-state index in [1.54, 1.807) is 32.0 Å². The predicted octanol–water partition coefficient (Wildman–Crippen LogP) is 1.57. The highest BCUT2D eigenvalue weighted by molar-refractivity contribution is 5.89. The van der Waals surface area contributed by atoms with Gasteiger partial charge in [0.1, 0.15) is 17.4 Å². The molecule has 1 aromatic carbocycles. The van der Waals surface area contributed by atoms with Gasteiger partial charge in [-0.25, -0.2) is 9.59 Å². The molecule has 0 aliphatic rings. The van der Waals surface area contributed by atoms with E-state index in [1.165, 1.54) is 13.2 Å². The zero-order valence-electron chi connectivity index (χ0n) is 13.7. The number of ether oxygens (including phenoxy) is 1. The second kappa shape index (κ2) is 7.16. The molecule has 128 valence electrons. The number of hydrogen-bond acceptors (Lipinski definition) is 5. The lowest BCUT2D eigenvalue weighted by Gasteiger charge is -2.18. The van der Waals surface area contributed by atoms with Crippen LogP contribution < -0.4 is 15.7 Å². The average Bonchev–Trinajstić information content (AvgIpc) is 2.51. The number of aliphatic carboxylic acids is 1. The fourth-order valence-corrected chi connectivity index (χ4v) is 2.39. The van der Waals surface area contributed by atoms with Crippen LogP contribution in [0.25, 0.3) is 11.0 Å². The van der Waals surface area contributed by atoms with Crippen LogP contribution in [0.15, 0.2) is 33.5 Å². The number of benzene rings is 1. The van der Waals surface area contributed by atoms with Gasteiger partial charge in [0.05, 0.1) is 13.5 Å². The van der Waals surface area contributed by atoms with Crippen LogP contribution in [0.2, 0.25) is 0 Å². The molecule has 0 spiro atoms. The molecular weight excluding hydrogens is 314 g/mol. The fraction of sp³-hybridized carbons (Fsp3) is 0.353. The van der Waals surface area contributed by atoms with Gasteiger partial charge in [0, 0.05) is 17.5 Å². The van der Waals surface area contributed by atoms with E-state index in [1.807, 2.05) is 0 Å². The molecule has 1 aromatic heterocycles. The molecule has 1 amide bonds. The lowest BCUT2D eigenvalue weighted by Crippen LogP contribution is -2.44. The molecule has 0 radical (unpaired) electrons.